The van der Waals surface area contributed by atoms with Crippen molar-refractivity contribution in [2.24, 2.45) is 0 Å². The summed E-state index contributed by atoms with van der Waals surface area (Å²) in [5.41, 5.74) is -0.593. The molecule has 1 N–H and O–H groups in total. The van der Waals surface area contributed by atoms with E-state index in [1.165, 1.54) is 0 Å². The van der Waals surface area contributed by atoms with Crippen molar-refractivity contribution in [1.29, 1.82) is 0 Å². The fourth-order valence-corrected chi connectivity index (χ4v) is 0.916. The van der Waals surface area contributed by atoms with Crippen LogP contribution in [-0.2, 0) is 23.8 Å². The number of carbonyl (C=O) groups excluding carboxylic acids is 1. The molecular formula is C8H10O6. The monoisotopic (exact) mass is 202 g/mol. The third-order valence-electron chi connectivity index (χ3n) is 1.45. The summed E-state index contributed by atoms with van der Waals surface area (Å²) in [4.78, 5) is 21.8. The van der Waals surface area contributed by atoms with E-state index in [9.17, 15) is 9.59 Å². The summed E-state index contributed by atoms with van der Waals surface area (Å²) in [6, 6.07) is 0. The Bertz CT molecular complexity index is 272. The topological polar surface area (TPSA) is 82.1 Å². The second-order valence-corrected chi connectivity index (χ2v) is 2.39. The average Bonchev–Trinajstić information content (AvgIpc) is 2.57. The molecule has 0 saturated carbocycles. The van der Waals surface area contributed by atoms with Crippen molar-refractivity contribution in [2.45, 2.75) is 6.92 Å². The van der Waals surface area contributed by atoms with Crippen LogP contribution >= 0.6 is 0 Å². The van der Waals surface area contributed by atoms with Gasteiger partial charge in [0.2, 0.25) is 5.57 Å². The SMILES string of the molecule is CCOC(=O)C(C(=O)O)=C1OCCO1. The van der Waals surface area contributed by atoms with E-state index < -0.39 is 17.5 Å². The molecule has 1 rings (SSSR count). The van der Waals surface area contributed by atoms with Gasteiger partial charge in [-0.3, -0.25) is 0 Å². The maximum atomic E-state index is 11.2. The number of hydrogen-bond donors (Lipinski definition) is 1. The van der Waals surface area contributed by atoms with E-state index in [1.54, 1.807) is 6.92 Å². The first-order chi connectivity index (χ1) is 6.66. The van der Waals surface area contributed by atoms with E-state index in [-0.39, 0.29) is 25.8 Å². The van der Waals surface area contributed by atoms with Gasteiger partial charge in [-0.05, 0) is 6.92 Å². The molecule has 6 nitrogen and oxygen atoms in total. The second-order valence-electron chi connectivity index (χ2n) is 2.39. The van der Waals surface area contributed by atoms with Crippen molar-refractivity contribution >= 4 is 11.9 Å². The predicted octanol–water partition coefficient (Wildman–Crippen LogP) is -0.108. The van der Waals surface area contributed by atoms with Crippen LogP contribution in [0.3, 0.4) is 0 Å². The molecule has 1 saturated heterocycles. The molecule has 0 aliphatic carbocycles. The summed E-state index contributed by atoms with van der Waals surface area (Å²) in [6.45, 7) is 2.17. The van der Waals surface area contributed by atoms with Crippen molar-refractivity contribution < 1.29 is 28.9 Å². The summed E-state index contributed by atoms with van der Waals surface area (Å²) >= 11 is 0. The Morgan fingerprint density at radius 2 is 2.00 bits per heavy atom. The van der Waals surface area contributed by atoms with E-state index in [0.29, 0.717) is 0 Å². The lowest BCUT2D eigenvalue weighted by atomic mass is 10.3. The van der Waals surface area contributed by atoms with Crippen LogP contribution in [0.1, 0.15) is 6.92 Å². The average molecular weight is 202 g/mol. The number of carbonyl (C=O) groups is 2. The lowest BCUT2D eigenvalue weighted by molar-refractivity contribution is -0.144. The van der Waals surface area contributed by atoms with Crippen molar-refractivity contribution in [3.63, 3.8) is 0 Å². The van der Waals surface area contributed by atoms with Gasteiger partial charge in [-0.1, -0.05) is 0 Å². The quantitative estimate of drug-likeness (QED) is 0.297. The largest absolute Gasteiger partial charge is 0.477 e. The van der Waals surface area contributed by atoms with Gasteiger partial charge < -0.3 is 19.3 Å². The van der Waals surface area contributed by atoms with Gasteiger partial charge in [0.1, 0.15) is 13.2 Å². The highest BCUT2D eigenvalue weighted by molar-refractivity contribution is 6.13. The number of carboxylic acid groups (broad SMARTS) is 1. The first-order valence-electron chi connectivity index (χ1n) is 4.07. The summed E-state index contributed by atoms with van der Waals surface area (Å²) in [7, 11) is 0. The van der Waals surface area contributed by atoms with Crippen LogP contribution in [0.2, 0.25) is 0 Å². The summed E-state index contributed by atoms with van der Waals surface area (Å²) < 4.78 is 14.2. The smallest absolute Gasteiger partial charge is 0.352 e. The minimum absolute atomic E-state index is 0.100. The van der Waals surface area contributed by atoms with Gasteiger partial charge in [0.05, 0.1) is 6.61 Å². The molecule has 0 bridgehead atoms. The first-order valence-corrected chi connectivity index (χ1v) is 4.07. The molecule has 1 aliphatic rings. The molecular weight excluding hydrogens is 192 g/mol. The third kappa shape index (κ3) is 2.15. The Morgan fingerprint density at radius 1 is 1.43 bits per heavy atom. The van der Waals surface area contributed by atoms with Gasteiger partial charge in [-0.25, -0.2) is 9.59 Å². The number of ether oxygens (including phenoxy) is 3. The van der Waals surface area contributed by atoms with E-state index >= 15 is 0 Å². The normalized spacial score (nSPS) is 14.2. The van der Waals surface area contributed by atoms with Gasteiger partial charge in [0.15, 0.2) is 0 Å². The Labute approximate surface area is 80.1 Å². The molecule has 0 amide bonds. The van der Waals surface area contributed by atoms with Crippen LogP contribution in [0.4, 0.5) is 0 Å². The molecule has 1 aliphatic heterocycles. The van der Waals surface area contributed by atoms with Gasteiger partial charge in [0, 0.05) is 0 Å². The van der Waals surface area contributed by atoms with Crippen LogP contribution in [-0.4, -0.2) is 36.9 Å². The van der Waals surface area contributed by atoms with Crippen LogP contribution in [0.25, 0.3) is 0 Å². The highest BCUT2D eigenvalue weighted by atomic mass is 16.7. The molecule has 14 heavy (non-hydrogen) atoms. The summed E-state index contributed by atoms with van der Waals surface area (Å²) in [5.74, 6) is -2.63. The van der Waals surface area contributed by atoms with Crippen molar-refractivity contribution in [3.05, 3.63) is 11.5 Å². The van der Waals surface area contributed by atoms with Crippen LogP contribution in [0.5, 0.6) is 0 Å². The molecule has 1 heterocycles. The maximum absolute atomic E-state index is 11.2. The minimum atomic E-state index is -1.42. The Balaban J connectivity index is 2.88. The maximum Gasteiger partial charge on any atom is 0.352 e. The molecule has 0 radical (unpaired) electrons. The molecule has 0 aromatic heterocycles. The summed E-state index contributed by atoms with van der Waals surface area (Å²) in [5, 5.41) is 8.71. The summed E-state index contributed by atoms with van der Waals surface area (Å²) in [6.07, 6.45) is 0. The number of rotatable bonds is 3. The van der Waals surface area contributed by atoms with E-state index in [4.69, 9.17) is 14.6 Å². The number of esters is 1. The van der Waals surface area contributed by atoms with Crippen molar-refractivity contribution in [3.8, 4) is 0 Å². The number of carboxylic acids is 1. The molecule has 0 unspecified atom stereocenters. The van der Waals surface area contributed by atoms with Crippen molar-refractivity contribution in [2.75, 3.05) is 19.8 Å². The highest BCUT2D eigenvalue weighted by Gasteiger charge is 2.29. The van der Waals surface area contributed by atoms with Crippen LogP contribution < -0.4 is 0 Å². The molecule has 78 valence electrons. The number of aliphatic carboxylic acids is 1. The Kier molecular flexibility index (Phi) is 3.33. The molecule has 0 aromatic rings. The minimum Gasteiger partial charge on any atom is -0.477 e. The van der Waals surface area contributed by atoms with Gasteiger partial charge in [0.25, 0.3) is 0 Å². The first kappa shape index (κ1) is 10.4. The van der Waals surface area contributed by atoms with E-state index in [0.717, 1.165) is 0 Å². The fourth-order valence-electron chi connectivity index (χ4n) is 0.916. The van der Waals surface area contributed by atoms with Gasteiger partial charge >= 0.3 is 17.9 Å². The Hall–Kier alpha value is -1.72. The predicted molar refractivity (Wildman–Crippen MR) is 43.2 cm³/mol. The third-order valence-corrected chi connectivity index (χ3v) is 1.45. The second kappa shape index (κ2) is 4.50. The fraction of sp³-hybridized carbons (Fsp3) is 0.500. The molecule has 0 atom stereocenters. The molecule has 6 heteroatoms. The lowest BCUT2D eigenvalue weighted by Crippen LogP contribution is -2.18. The van der Waals surface area contributed by atoms with Crippen LogP contribution in [0.15, 0.2) is 11.5 Å². The van der Waals surface area contributed by atoms with Gasteiger partial charge in [-0.15, -0.1) is 0 Å². The standard InChI is InChI=1S/C8H10O6/c1-2-12-7(11)5(6(9)10)8-13-3-4-14-8/h2-4H2,1H3,(H,9,10). The van der Waals surface area contributed by atoms with Gasteiger partial charge in [-0.2, -0.15) is 0 Å². The molecule has 0 aromatic carbocycles. The zero-order chi connectivity index (χ0) is 10.6. The van der Waals surface area contributed by atoms with Crippen molar-refractivity contribution in [1.82, 2.24) is 0 Å². The Morgan fingerprint density at radius 3 is 2.43 bits per heavy atom. The lowest BCUT2D eigenvalue weighted by Gasteiger charge is -2.04. The molecule has 1 fully saturated rings. The molecule has 0 spiro atoms. The number of hydrogen-bond acceptors (Lipinski definition) is 5. The highest BCUT2D eigenvalue weighted by Crippen LogP contribution is 2.15. The zero-order valence-corrected chi connectivity index (χ0v) is 7.61. The van der Waals surface area contributed by atoms with Crippen LogP contribution in [0, 0.1) is 0 Å². The van der Waals surface area contributed by atoms with E-state index in [2.05, 4.69) is 4.74 Å². The zero-order valence-electron chi connectivity index (χ0n) is 7.61. The van der Waals surface area contributed by atoms with E-state index in [1.807, 2.05) is 0 Å².